The molecule has 3 aliphatic rings. The van der Waals surface area contributed by atoms with Crippen molar-refractivity contribution >= 4 is 48.7 Å². The van der Waals surface area contributed by atoms with E-state index >= 15 is 0 Å². The molecule has 0 amide bonds. The number of hydrogen-bond acceptors (Lipinski definition) is 4. The molecule has 1 fully saturated rings. The lowest BCUT2D eigenvalue weighted by molar-refractivity contribution is 0.104. The fourth-order valence-corrected chi connectivity index (χ4v) is 4.54. The third kappa shape index (κ3) is 3.70. The van der Waals surface area contributed by atoms with Crippen molar-refractivity contribution < 1.29 is 4.79 Å². The van der Waals surface area contributed by atoms with Gasteiger partial charge in [-0.3, -0.25) is 4.79 Å². The largest absolute Gasteiger partial charge is 0.380 e. The third-order valence-electron chi connectivity index (χ3n) is 5.91. The van der Waals surface area contributed by atoms with Crippen molar-refractivity contribution in [1.29, 1.82) is 0 Å². The van der Waals surface area contributed by atoms with Crippen molar-refractivity contribution in [2.45, 2.75) is 12.5 Å². The molecule has 0 aromatic heterocycles. The summed E-state index contributed by atoms with van der Waals surface area (Å²) in [4.78, 5) is 17.3. The molecule has 2 heterocycles. The molecule has 7 heteroatoms. The SMILES string of the molecule is CN1C=C2NC(c3ccc4c(c3)C(=O)c3cc(N(C)C)ccc3-4)CC2C1.Cl.Cl.Cl. The quantitative estimate of drug-likeness (QED) is 0.610. The smallest absolute Gasteiger partial charge is 0.194 e. The standard InChI is InChI=1S/C22H23N3O.3ClH/c1-24(2)15-5-7-17-16-6-4-13(8-18(16)22(26)19(17)10-15)20-9-14-11-25(3)12-21(14)23-20;;;/h4-8,10,12,14,20,23H,9,11H2,1-3H3;3*1H. The lowest BCUT2D eigenvalue weighted by atomic mass is 9.96. The molecule has 156 valence electrons. The monoisotopic (exact) mass is 453 g/mol. The van der Waals surface area contributed by atoms with Gasteiger partial charge in [0.15, 0.2) is 5.78 Å². The van der Waals surface area contributed by atoms with Gasteiger partial charge in [0.2, 0.25) is 0 Å². The second-order valence-electron chi connectivity index (χ2n) is 7.91. The van der Waals surface area contributed by atoms with Crippen molar-refractivity contribution in [2.24, 2.45) is 5.92 Å². The van der Waals surface area contributed by atoms with Gasteiger partial charge < -0.3 is 15.1 Å². The summed E-state index contributed by atoms with van der Waals surface area (Å²) in [7, 11) is 6.12. The summed E-state index contributed by atoms with van der Waals surface area (Å²) in [6.45, 7) is 1.08. The zero-order chi connectivity index (χ0) is 18.0. The number of fused-ring (bicyclic) bond motifs is 4. The van der Waals surface area contributed by atoms with E-state index in [1.165, 1.54) is 11.3 Å². The van der Waals surface area contributed by atoms with E-state index in [4.69, 9.17) is 0 Å². The van der Waals surface area contributed by atoms with Crippen LogP contribution in [0.15, 0.2) is 48.3 Å². The van der Waals surface area contributed by atoms with Crippen molar-refractivity contribution in [3.63, 3.8) is 0 Å². The topological polar surface area (TPSA) is 35.6 Å². The van der Waals surface area contributed by atoms with Gasteiger partial charge in [-0.15, -0.1) is 37.2 Å². The minimum Gasteiger partial charge on any atom is -0.380 e. The number of carbonyl (C=O) groups excluding carboxylic acids is 1. The molecule has 0 spiro atoms. The maximum absolute atomic E-state index is 13.0. The number of benzene rings is 2. The van der Waals surface area contributed by atoms with E-state index in [0.29, 0.717) is 12.0 Å². The Morgan fingerprint density at radius 3 is 2.28 bits per heavy atom. The summed E-state index contributed by atoms with van der Waals surface area (Å²) in [6.07, 6.45) is 3.31. The van der Waals surface area contributed by atoms with Gasteiger partial charge in [0.05, 0.1) is 6.04 Å². The third-order valence-corrected chi connectivity index (χ3v) is 5.91. The van der Waals surface area contributed by atoms with Crippen LogP contribution in [0.2, 0.25) is 0 Å². The first kappa shape index (κ1) is 23.4. The summed E-state index contributed by atoms with van der Waals surface area (Å²) in [6, 6.07) is 12.9. The Kier molecular flexibility index (Phi) is 6.83. The molecule has 1 saturated heterocycles. The van der Waals surface area contributed by atoms with Crippen LogP contribution in [0, 0.1) is 5.92 Å². The average Bonchev–Trinajstić information content (AvgIpc) is 3.25. The number of anilines is 1. The zero-order valence-electron chi connectivity index (χ0n) is 16.6. The molecule has 1 N–H and O–H groups in total. The Morgan fingerprint density at radius 2 is 1.62 bits per heavy atom. The first-order valence-corrected chi connectivity index (χ1v) is 9.20. The molecule has 2 aromatic rings. The van der Waals surface area contributed by atoms with Crippen molar-refractivity contribution in [2.75, 3.05) is 32.6 Å². The van der Waals surface area contributed by atoms with Crippen LogP contribution in [0.3, 0.4) is 0 Å². The first-order valence-electron chi connectivity index (χ1n) is 9.20. The van der Waals surface area contributed by atoms with Gasteiger partial charge in [0, 0.05) is 62.3 Å². The summed E-state index contributed by atoms with van der Waals surface area (Å²) < 4.78 is 0. The maximum Gasteiger partial charge on any atom is 0.194 e. The highest BCUT2D eigenvalue weighted by molar-refractivity contribution is 6.22. The van der Waals surface area contributed by atoms with Gasteiger partial charge in [0.25, 0.3) is 0 Å². The van der Waals surface area contributed by atoms with Crippen LogP contribution in [-0.2, 0) is 0 Å². The van der Waals surface area contributed by atoms with Crippen molar-refractivity contribution in [1.82, 2.24) is 10.2 Å². The van der Waals surface area contributed by atoms with Crippen LogP contribution in [0.1, 0.15) is 33.9 Å². The molecule has 29 heavy (non-hydrogen) atoms. The molecule has 2 aliphatic heterocycles. The second-order valence-corrected chi connectivity index (χ2v) is 7.91. The predicted octanol–water partition coefficient (Wildman–Crippen LogP) is 4.67. The molecule has 2 unspecified atom stereocenters. The first-order chi connectivity index (χ1) is 12.5. The second kappa shape index (κ2) is 8.47. The van der Waals surface area contributed by atoms with Gasteiger partial charge in [-0.1, -0.05) is 18.2 Å². The van der Waals surface area contributed by atoms with Crippen LogP contribution in [0.25, 0.3) is 11.1 Å². The molecular formula is C22H26Cl3N3O. The number of rotatable bonds is 2. The average molecular weight is 455 g/mol. The highest BCUT2D eigenvalue weighted by atomic mass is 35.5. The van der Waals surface area contributed by atoms with Gasteiger partial charge in [-0.25, -0.2) is 0 Å². The number of nitrogens with zero attached hydrogens (tertiary/aromatic N) is 2. The van der Waals surface area contributed by atoms with Gasteiger partial charge >= 0.3 is 0 Å². The van der Waals surface area contributed by atoms with Crippen LogP contribution in [0.4, 0.5) is 5.69 Å². The predicted molar refractivity (Wildman–Crippen MR) is 126 cm³/mol. The number of ketones is 1. The van der Waals surface area contributed by atoms with Crippen molar-refractivity contribution in [3.05, 3.63) is 65.0 Å². The highest BCUT2D eigenvalue weighted by Gasteiger charge is 2.35. The fourth-order valence-electron chi connectivity index (χ4n) is 4.54. The molecule has 2 aromatic carbocycles. The van der Waals surface area contributed by atoms with Crippen LogP contribution < -0.4 is 10.2 Å². The van der Waals surface area contributed by atoms with E-state index < -0.39 is 0 Å². The Hall–Kier alpha value is -1.88. The molecule has 0 saturated carbocycles. The molecule has 4 nitrogen and oxygen atoms in total. The van der Waals surface area contributed by atoms with Gasteiger partial charge in [0.1, 0.15) is 0 Å². The summed E-state index contributed by atoms with van der Waals surface area (Å²) in [5.74, 6) is 0.742. The minimum atomic E-state index is 0. The van der Waals surface area contributed by atoms with Gasteiger partial charge in [-0.05, 0) is 41.3 Å². The molecule has 1 aliphatic carbocycles. The fraction of sp³-hybridized carbons (Fsp3) is 0.318. The molecular weight excluding hydrogens is 429 g/mol. The molecule has 0 radical (unpaired) electrons. The number of halogens is 3. The van der Waals surface area contributed by atoms with E-state index in [9.17, 15) is 4.79 Å². The van der Waals surface area contributed by atoms with Gasteiger partial charge in [-0.2, -0.15) is 0 Å². The van der Waals surface area contributed by atoms with E-state index in [1.807, 2.05) is 25.1 Å². The lowest BCUT2D eigenvalue weighted by Gasteiger charge is -2.15. The minimum absolute atomic E-state index is 0. The summed E-state index contributed by atoms with van der Waals surface area (Å²) >= 11 is 0. The summed E-state index contributed by atoms with van der Waals surface area (Å²) in [5.41, 5.74) is 7.41. The van der Waals surface area contributed by atoms with E-state index in [-0.39, 0.29) is 43.0 Å². The number of hydrogen-bond donors (Lipinski definition) is 1. The van der Waals surface area contributed by atoms with Crippen molar-refractivity contribution in [3.8, 4) is 11.1 Å². The molecule has 5 rings (SSSR count). The Labute approximate surface area is 190 Å². The lowest BCUT2D eigenvalue weighted by Crippen LogP contribution is -2.15. The van der Waals surface area contributed by atoms with Crippen LogP contribution in [-0.4, -0.2) is 38.4 Å². The van der Waals surface area contributed by atoms with Crippen LogP contribution >= 0.6 is 37.2 Å². The molecule has 2 atom stereocenters. The molecule has 0 bridgehead atoms. The van der Waals surface area contributed by atoms with E-state index in [2.05, 4.69) is 53.8 Å². The normalized spacial score (nSPS) is 20.3. The maximum atomic E-state index is 13.0. The van der Waals surface area contributed by atoms with E-state index in [1.54, 1.807) is 0 Å². The zero-order valence-corrected chi connectivity index (χ0v) is 19.1. The number of carbonyl (C=O) groups is 1. The Morgan fingerprint density at radius 1 is 0.966 bits per heavy atom. The number of nitrogens with one attached hydrogen (secondary N) is 1. The Bertz CT molecular complexity index is 974. The highest BCUT2D eigenvalue weighted by Crippen LogP contribution is 2.42. The summed E-state index contributed by atoms with van der Waals surface area (Å²) in [5, 5.41) is 3.65. The Balaban J connectivity index is 0.000001000. The van der Waals surface area contributed by atoms with Crippen LogP contribution in [0.5, 0.6) is 0 Å². The van der Waals surface area contributed by atoms with E-state index in [0.717, 1.165) is 40.9 Å².